The van der Waals surface area contributed by atoms with Crippen LogP contribution in [0.25, 0.3) is 10.9 Å². The molecule has 2 saturated heterocycles. The van der Waals surface area contributed by atoms with Gasteiger partial charge in [-0.3, -0.25) is 0 Å². The molecule has 0 bridgehead atoms. The number of rotatable bonds is 7. The van der Waals surface area contributed by atoms with Gasteiger partial charge in [-0.2, -0.15) is 0 Å². The van der Waals surface area contributed by atoms with E-state index in [4.69, 9.17) is 30.8 Å². The number of hydrogen-bond acceptors (Lipinski definition) is 6. The van der Waals surface area contributed by atoms with Crippen molar-refractivity contribution < 1.29 is 14.2 Å². The minimum Gasteiger partial charge on any atom is -0.493 e. The van der Waals surface area contributed by atoms with Crippen LogP contribution in [0, 0.1) is 0 Å². The first-order valence-corrected chi connectivity index (χ1v) is 10.5. The summed E-state index contributed by atoms with van der Waals surface area (Å²) in [6.45, 7) is 7.25. The minimum atomic E-state index is 0.662. The average Bonchev–Trinajstić information content (AvgIpc) is 3.25. The van der Waals surface area contributed by atoms with Gasteiger partial charge < -0.3 is 24.0 Å². The predicted molar refractivity (Wildman–Crippen MR) is 112 cm³/mol. The zero-order chi connectivity index (χ0) is 19.3. The molecule has 28 heavy (non-hydrogen) atoms. The zero-order valence-electron chi connectivity index (χ0n) is 16.5. The molecular formula is C21H28ClN3O3. The molecule has 2 aromatic rings. The van der Waals surface area contributed by atoms with E-state index >= 15 is 0 Å². The summed E-state index contributed by atoms with van der Waals surface area (Å²) in [5, 5.41) is 1.55. The van der Waals surface area contributed by atoms with Gasteiger partial charge in [-0.15, -0.1) is 0 Å². The number of methoxy groups -OCH3 is 1. The third kappa shape index (κ3) is 4.45. The Morgan fingerprint density at radius 2 is 1.86 bits per heavy atom. The molecule has 152 valence electrons. The number of halogens is 1. The van der Waals surface area contributed by atoms with Gasteiger partial charge in [0.2, 0.25) is 0 Å². The zero-order valence-corrected chi connectivity index (χ0v) is 17.2. The maximum absolute atomic E-state index is 6.56. The van der Waals surface area contributed by atoms with Gasteiger partial charge in [0.05, 0.1) is 37.5 Å². The highest BCUT2D eigenvalue weighted by molar-refractivity contribution is 6.35. The first-order chi connectivity index (χ1) is 13.7. The summed E-state index contributed by atoms with van der Waals surface area (Å²) < 4.78 is 17.0. The number of aromatic nitrogens is 1. The number of hydrogen-bond donors (Lipinski definition) is 0. The van der Waals surface area contributed by atoms with Gasteiger partial charge in [-0.1, -0.05) is 11.6 Å². The first-order valence-electron chi connectivity index (χ1n) is 10.1. The number of pyridine rings is 1. The third-order valence-electron chi connectivity index (χ3n) is 5.44. The van der Waals surface area contributed by atoms with Crippen molar-refractivity contribution >= 4 is 28.3 Å². The molecule has 2 aliphatic rings. The summed E-state index contributed by atoms with van der Waals surface area (Å²) in [5.41, 5.74) is 0.823. The molecule has 2 fully saturated rings. The fraction of sp³-hybridized carbons (Fsp3) is 0.571. The van der Waals surface area contributed by atoms with Crippen molar-refractivity contribution in [2.75, 3.05) is 64.6 Å². The fourth-order valence-corrected chi connectivity index (χ4v) is 4.13. The van der Waals surface area contributed by atoms with E-state index in [0.717, 1.165) is 48.5 Å². The Bertz CT molecular complexity index is 805. The van der Waals surface area contributed by atoms with Crippen LogP contribution >= 0.6 is 11.6 Å². The van der Waals surface area contributed by atoms with E-state index in [9.17, 15) is 0 Å². The molecule has 0 atom stereocenters. The molecule has 0 aliphatic carbocycles. The van der Waals surface area contributed by atoms with Crippen LogP contribution in [0.5, 0.6) is 11.5 Å². The normalized spacial score (nSPS) is 18.0. The van der Waals surface area contributed by atoms with Gasteiger partial charge in [-0.25, -0.2) is 4.98 Å². The number of ether oxygens (including phenoxy) is 3. The van der Waals surface area contributed by atoms with E-state index in [1.807, 2.05) is 18.2 Å². The van der Waals surface area contributed by atoms with E-state index in [1.165, 1.54) is 25.9 Å². The Hall–Kier alpha value is -1.76. The number of morpholine rings is 1. The van der Waals surface area contributed by atoms with Crippen LogP contribution in [0.15, 0.2) is 18.2 Å². The topological polar surface area (TPSA) is 47.1 Å². The van der Waals surface area contributed by atoms with Crippen molar-refractivity contribution in [1.29, 1.82) is 0 Å². The first kappa shape index (κ1) is 19.6. The molecule has 2 aliphatic heterocycles. The summed E-state index contributed by atoms with van der Waals surface area (Å²) >= 11 is 6.56. The number of likely N-dealkylation sites (tertiary alicyclic amines) is 1. The second-order valence-corrected chi connectivity index (χ2v) is 7.74. The van der Waals surface area contributed by atoms with E-state index in [1.54, 1.807) is 7.11 Å². The van der Waals surface area contributed by atoms with Gasteiger partial charge in [0.25, 0.3) is 0 Å². The summed E-state index contributed by atoms with van der Waals surface area (Å²) in [5.74, 6) is 2.29. The number of anilines is 1. The average molecular weight is 406 g/mol. The van der Waals surface area contributed by atoms with Gasteiger partial charge in [-0.05, 0) is 44.5 Å². The largest absolute Gasteiger partial charge is 0.493 e. The van der Waals surface area contributed by atoms with E-state index < -0.39 is 0 Å². The van der Waals surface area contributed by atoms with Crippen molar-refractivity contribution in [3.8, 4) is 11.5 Å². The summed E-state index contributed by atoms with van der Waals surface area (Å²) in [6, 6.07) is 5.79. The van der Waals surface area contributed by atoms with Crippen LogP contribution in [0.3, 0.4) is 0 Å². The smallest absolute Gasteiger partial charge is 0.163 e. The Kier molecular flexibility index (Phi) is 6.40. The standard InChI is InChI=1S/C21H28ClN3O3/c1-26-19-13-16-17(22)14-21(25-8-11-27-12-9-25)23-18(16)15-20(19)28-10-4-7-24-5-2-3-6-24/h13-15H,2-12H2,1H3. The summed E-state index contributed by atoms with van der Waals surface area (Å²) in [7, 11) is 1.65. The van der Waals surface area contributed by atoms with Crippen LogP contribution in [-0.2, 0) is 4.74 Å². The molecule has 0 N–H and O–H groups in total. The SMILES string of the molecule is COc1cc2c(Cl)cc(N3CCOCC3)nc2cc1OCCCN1CCCC1. The van der Waals surface area contributed by atoms with Gasteiger partial charge in [0, 0.05) is 31.1 Å². The maximum atomic E-state index is 6.56. The van der Waals surface area contributed by atoms with Gasteiger partial charge >= 0.3 is 0 Å². The molecule has 0 saturated carbocycles. The molecule has 0 spiro atoms. The van der Waals surface area contributed by atoms with Gasteiger partial charge in [0.15, 0.2) is 11.5 Å². The van der Waals surface area contributed by atoms with Crippen LogP contribution in [0.4, 0.5) is 5.82 Å². The second-order valence-electron chi connectivity index (χ2n) is 7.33. The van der Waals surface area contributed by atoms with Gasteiger partial charge in [0.1, 0.15) is 5.82 Å². The number of benzene rings is 1. The molecule has 6 nitrogen and oxygen atoms in total. The quantitative estimate of drug-likeness (QED) is 0.656. The molecule has 0 radical (unpaired) electrons. The van der Waals surface area contributed by atoms with Crippen molar-refractivity contribution in [3.63, 3.8) is 0 Å². The Morgan fingerprint density at radius 1 is 1.07 bits per heavy atom. The maximum Gasteiger partial charge on any atom is 0.163 e. The Labute approximate surface area is 171 Å². The Morgan fingerprint density at radius 3 is 2.61 bits per heavy atom. The lowest BCUT2D eigenvalue weighted by Crippen LogP contribution is -2.36. The van der Waals surface area contributed by atoms with Crippen LogP contribution < -0.4 is 14.4 Å². The lowest BCUT2D eigenvalue weighted by Gasteiger charge is -2.28. The lowest BCUT2D eigenvalue weighted by atomic mass is 10.2. The predicted octanol–water partition coefficient (Wildman–Crippen LogP) is 3.60. The molecular weight excluding hydrogens is 378 g/mol. The van der Waals surface area contributed by atoms with Crippen LogP contribution in [-0.4, -0.2) is 69.5 Å². The lowest BCUT2D eigenvalue weighted by molar-refractivity contribution is 0.122. The molecule has 0 unspecified atom stereocenters. The highest BCUT2D eigenvalue weighted by atomic mass is 35.5. The number of fused-ring (bicyclic) bond motifs is 1. The molecule has 0 amide bonds. The van der Waals surface area contributed by atoms with Crippen molar-refractivity contribution in [3.05, 3.63) is 23.2 Å². The van der Waals surface area contributed by atoms with E-state index in [0.29, 0.717) is 30.6 Å². The van der Waals surface area contributed by atoms with Crippen LogP contribution in [0.1, 0.15) is 19.3 Å². The highest BCUT2D eigenvalue weighted by Crippen LogP contribution is 2.36. The second kappa shape index (κ2) is 9.16. The van der Waals surface area contributed by atoms with Crippen molar-refractivity contribution in [2.45, 2.75) is 19.3 Å². The molecule has 1 aromatic heterocycles. The third-order valence-corrected chi connectivity index (χ3v) is 5.75. The summed E-state index contributed by atoms with van der Waals surface area (Å²) in [6.07, 6.45) is 3.64. The fourth-order valence-electron chi connectivity index (χ4n) is 3.88. The van der Waals surface area contributed by atoms with Crippen molar-refractivity contribution in [1.82, 2.24) is 9.88 Å². The molecule has 3 heterocycles. The van der Waals surface area contributed by atoms with E-state index in [2.05, 4.69) is 9.80 Å². The molecule has 4 rings (SSSR count). The highest BCUT2D eigenvalue weighted by Gasteiger charge is 2.17. The monoisotopic (exact) mass is 405 g/mol. The summed E-state index contributed by atoms with van der Waals surface area (Å²) in [4.78, 5) is 9.53. The molecule has 7 heteroatoms. The van der Waals surface area contributed by atoms with Crippen LogP contribution in [0.2, 0.25) is 5.02 Å². The van der Waals surface area contributed by atoms with Crippen molar-refractivity contribution in [2.24, 2.45) is 0 Å². The number of nitrogens with zero attached hydrogens (tertiary/aromatic N) is 3. The molecule has 1 aromatic carbocycles. The minimum absolute atomic E-state index is 0.662. The van der Waals surface area contributed by atoms with E-state index in [-0.39, 0.29) is 0 Å². The Balaban J connectivity index is 1.51.